The van der Waals surface area contributed by atoms with Gasteiger partial charge in [0.1, 0.15) is 0 Å². The molecule has 4 rings (SSSR count). The highest BCUT2D eigenvalue weighted by Crippen LogP contribution is 2.31. The molecule has 0 N–H and O–H groups in total. The summed E-state index contributed by atoms with van der Waals surface area (Å²) < 4.78 is 0. The minimum atomic E-state index is 0.540. The zero-order chi connectivity index (χ0) is 17.8. The van der Waals surface area contributed by atoms with Gasteiger partial charge in [-0.15, -0.1) is 10.2 Å². The van der Waals surface area contributed by atoms with E-state index in [-0.39, 0.29) is 0 Å². The van der Waals surface area contributed by atoms with Gasteiger partial charge in [0.2, 0.25) is 5.82 Å². The lowest BCUT2D eigenvalue weighted by Gasteiger charge is -2.24. The molecule has 0 amide bonds. The van der Waals surface area contributed by atoms with Crippen LogP contribution in [-0.4, -0.2) is 38.2 Å². The van der Waals surface area contributed by atoms with Crippen molar-refractivity contribution < 1.29 is 0 Å². The predicted octanol–water partition coefficient (Wildman–Crippen LogP) is 4.22. The minimum absolute atomic E-state index is 0.540. The van der Waals surface area contributed by atoms with E-state index in [9.17, 15) is 0 Å². The second kappa shape index (κ2) is 7.98. The van der Waals surface area contributed by atoms with E-state index in [4.69, 9.17) is 11.6 Å². The van der Waals surface area contributed by atoms with Gasteiger partial charge < -0.3 is 0 Å². The minimum Gasteiger partial charge on any atom is -0.296 e. The number of tetrazole rings is 1. The third-order valence-corrected chi connectivity index (χ3v) is 5.25. The summed E-state index contributed by atoms with van der Waals surface area (Å²) in [5.41, 5.74) is 2.24. The number of halogens is 1. The molecule has 1 aromatic heterocycles. The fourth-order valence-corrected chi connectivity index (χ4v) is 3.87. The molecule has 0 bridgehead atoms. The van der Waals surface area contributed by atoms with Crippen LogP contribution in [0.3, 0.4) is 0 Å². The molecular weight excluding hydrogens is 346 g/mol. The topological polar surface area (TPSA) is 46.8 Å². The molecule has 0 saturated carbocycles. The smallest absolute Gasteiger partial charge is 0.206 e. The lowest BCUT2D eigenvalue weighted by atomic mass is 10.0. The average molecular weight is 368 g/mol. The third-order valence-electron chi connectivity index (χ3n) is 4.92. The summed E-state index contributed by atoms with van der Waals surface area (Å²) in [4.78, 5) is 4.24. The normalized spacial score (nSPS) is 17.7. The molecule has 26 heavy (non-hydrogen) atoms. The first-order valence-electron chi connectivity index (χ1n) is 9.13. The van der Waals surface area contributed by atoms with Gasteiger partial charge in [0.25, 0.3) is 0 Å². The molecule has 1 fully saturated rings. The second-order valence-corrected chi connectivity index (χ2v) is 7.05. The van der Waals surface area contributed by atoms with Crippen molar-refractivity contribution in [2.45, 2.75) is 31.8 Å². The molecule has 0 spiro atoms. The summed E-state index contributed by atoms with van der Waals surface area (Å²) in [6.07, 6.45) is 3.50. The zero-order valence-electron chi connectivity index (χ0n) is 14.6. The van der Waals surface area contributed by atoms with E-state index >= 15 is 0 Å². The second-order valence-electron chi connectivity index (χ2n) is 6.65. The average Bonchev–Trinajstić information content (AvgIpc) is 3.33. The first kappa shape index (κ1) is 17.2. The van der Waals surface area contributed by atoms with Crippen molar-refractivity contribution in [3.8, 4) is 11.4 Å². The van der Waals surface area contributed by atoms with Crippen LogP contribution in [0.1, 0.15) is 30.9 Å². The molecule has 1 atom stereocenters. The van der Waals surface area contributed by atoms with E-state index < -0.39 is 0 Å². The summed E-state index contributed by atoms with van der Waals surface area (Å²) in [5, 5.41) is 13.4. The van der Waals surface area contributed by atoms with E-state index in [0.29, 0.717) is 16.9 Å². The van der Waals surface area contributed by atoms with Gasteiger partial charge in [-0.2, -0.15) is 4.80 Å². The van der Waals surface area contributed by atoms with Gasteiger partial charge in [0, 0.05) is 18.2 Å². The van der Waals surface area contributed by atoms with Crippen LogP contribution in [-0.2, 0) is 6.54 Å². The van der Waals surface area contributed by atoms with Crippen molar-refractivity contribution in [3.63, 3.8) is 0 Å². The lowest BCUT2D eigenvalue weighted by Crippen LogP contribution is -2.25. The summed E-state index contributed by atoms with van der Waals surface area (Å²) in [5.74, 6) is 0.582. The van der Waals surface area contributed by atoms with Gasteiger partial charge in [0.05, 0.1) is 11.6 Å². The molecule has 0 aliphatic carbocycles. The van der Waals surface area contributed by atoms with Crippen molar-refractivity contribution in [3.05, 3.63) is 65.2 Å². The molecule has 6 heteroatoms. The molecule has 3 aromatic rings. The molecule has 1 aliphatic heterocycles. The van der Waals surface area contributed by atoms with Gasteiger partial charge in [-0.3, -0.25) is 4.90 Å². The van der Waals surface area contributed by atoms with Crippen molar-refractivity contribution in [2.75, 3.05) is 13.1 Å². The number of hydrogen-bond acceptors (Lipinski definition) is 4. The van der Waals surface area contributed by atoms with Crippen molar-refractivity contribution in [2.24, 2.45) is 0 Å². The molecule has 2 heterocycles. The van der Waals surface area contributed by atoms with Crippen LogP contribution in [0.15, 0.2) is 54.6 Å². The standard InChI is InChI=1S/C20H22ClN5/c21-18-11-5-4-10-17(18)20-22-24-26(23-20)15-7-14-25-13-6-12-19(25)16-8-2-1-3-9-16/h1-5,8-11,19H,6-7,12-15H2. The Balaban J connectivity index is 1.35. The molecule has 5 nitrogen and oxygen atoms in total. The largest absolute Gasteiger partial charge is 0.296 e. The molecule has 1 unspecified atom stereocenters. The number of aryl methyl sites for hydroxylation is 1. The highest BCUT2D eigenvalue weighted by Gasteiger charge is 2.25. The Bertz CT molecular complexity index is 848. The van der Waals surface area contributed by atoms with Crippen molar-refractivity contribution in [1.29, 1.82) is 0 Å². The maximum absolute atomic E-state index is 6.21. The first-order valence-corrected chi connectivity index (χ1v) is 9.51. The molecule has 1 saturated heterocycles. The molecule has 2 aromatic carbocycles. The van der Waals surface area contributed by atoms with Crippen molar-refractivity contribution >= 4 is 11.6 Å². The van der Waals surface area contributed by atoms with E-state index in [1.807, 2.05) is 24.3 Å². The fraction of sp³-hybridized carbons (Fsp3) is 0.350. The molecule has 134 valence electrons. The van der Waals surface area contributed by atoms with Crippen LogP contribution in [0.5, 0.6) is 0 Å². The highest BCUT2D eigenvalue weighted by molar-refractivity contribution is 6.33. The summed E-state index contributed by atoms with van der Waals surface area (Å²) >= 11 is 6.21. The first-order chi connectivity index (χ1) is 12.8. The summed E-state index contributed by atoms with van der Waals surface area (Å²) in [7, 11) is 0. The summed E-state index contributed by atoms with van der Waals surface area (Å²) in [6, 6.07) is 18.9. The Morgan fingerprint density at radius 1 is 1.00 bits per heavy atom. The van der Waals surface area contributed by atoms with Crippen LogP contribution in [0.4, 0.5) is 0 Å². The SMILES string of the molecule is Clc1ccccc1-c1nnn(CCCN2CCCC2c2ccccc2)n1. The number of benzene rings is 2. The zero-order valence-corrected chi connectivity index (χ0v) is 15.4. The monoisotopic (exact) mass is 367 g/mol. The Kier molecular flexibility index (Phi) is 5.27. The Hall–Kier alpha value is -2.24. The lowest BCUT2D eigenvalue weighted by molar-refractivity contribution is 0.245. The number of nitrogens with zero attached hydrogens (tertiary/aromatic N) is 5. The van der Waals surface area contributed by atoms with Crippen LogP contribution < -0.4 is 0 Å². The molecule has 1 aliphatic rings. The number of aromatic nitrogens is 4. The quantitative estimate of drug-likeness (QED) is 0.654. The Labute approximate surface area is 158 Å². The van der Waals surface area contributed by atoms with Gasteiger partial charge in [-0.1, -0.05) is 54.1 Å². The van der Waals surface area contributed by atoms with Crippen molar-refractivity contribution in [1.82, 2.24) is 25.1 Å². The maximum Gasteiger partial charge on any atom is 0.206 e. The fourth-order valence-electron chi connectivity index (χ4n) is 3.65. The number of rotatable bonds is 6. The van der Waals surface area contributed by atoms with Crippen LogP contribution in [0.25, 0.3) is 11.4 Å². The predicted molar refractivity (Wildman–Crippen MR) is 103 cm³/mol. The van der Waals surface area contributed by atoms with Gasteiger partial charge in [-0.05, 0) is 48.7 Å². The maximum atomic E-state index is 6.21. The van der Waals surface area contributed by atoms with Gasteiger partial charge in [-0.25, -0.2) is 0 Å². The van der Waals surface area contributed by atoms with Gasteiger partial charge >= 0.3 is 0 Å². The van der Waals surface area contributed by atoms with Crippen LogP contribution in [0, 0.1) is 0 Å². The van der Waals surface area contributed by atoms with Crippen LogP contribution >= 0.6 is 11.6 Å². The number of likely N-dealkylation sites (tertiary alicyclic amines) is 1. The van der Waals surface area contributed by atoms with E-state index in [1.54, 1.807) is 4.80 Å². The van der Waals surface area contributed by atoms with E-state index in [1.165, 1.54) is 18.4 Å². The Morgan fingerprint density at radius 3 is 2.65 bits per heavy atom. The summed E-state index contributed by atoms with van der Waals surface area (Å²) in [6.45, 7) is 2.97. The van der Waals surface area contributed by atoms with E-state index in [2.05, 4.69) is 50.6 Å². The Morgan fingerprint density at radius 2 is 1.81 bits per heavy atom. The number of hydrogen-bond donors (Lipinski definition) is 0. The third kappa shape index (κ3) is 3.79. The molecule has 0 radical (unpaired) electrons. The van der Waals surface area contributed by atoms with Gasteiger partial charge in [0.15, 0.2) is 0 Å². The van der Waals surface area contributed by atoms with Crippen LogP contribution in [0.2, 0.25) is 5.02 Å². The molecular formula is C20H22ClN5. The van der Waals surface area contributed by atoms with E-state index in [0.717, 1.165) is 31.6 Å². The highest BCUT2D eigenvalue weighted by atomic mass is 35.5.